The number of unbranched alkanes of at least 4 members (excludes halogenated alkanes) is 1. The molecule has 3 aromatic carbocycles. The highest BCUT2D eigenvalue weighted by Crippen LogP contribution is 2.30. The van der Waals surface area contributed by atoms with Gasteiger partial charge in [0.15, 0.2) is 5.65 Å². The van der Waals surface area contributed by atoms with E-state index in [9.17, 15) is 4.79 Å². The van der Waals surface area contributed by atoms with Gasteiger partial charge < -0.3 is 15.4 Å². The Hall–Kier alpha value is -3.88. The Kier molecular flexibility index (Phi) is 8.21. The molecule has 2 aromatic heterocycles. The zero-order valence-corrected chi connectivity index (χ0v) is 22.7. The van der Waals surface area contributed by atoms with Crippen LogP contribution < -0.4 is 15.4 Å². The Bertz CT molecular complexity index is 1540. The van der Waals surface area contributed by atoms with Gasteiger partial charge in [-0.05, 0) is 71.2 Å². The van der Waals surface area contributed by atoms with Gasteiger partial charge in [0.05, 0.1) is 16.4 Å². The van der Waals surface area contributed by atoms with E-state index in [1.807, 2.05) is 60.7 Å². The Balaban J connectivity index is 1.12. The molecule has 7 nitrogen and oxygen atoms in total. The minimum absolute atomic E-state index is 0.106. The van der Waals surface area contributed by atoms with E-state index in [-0.39, 0.29) is 5.91 Å². The van der Waals surface area contributed by atoms with Crippen molar-refractivity contribution in [3.8, 4) is 22.8 Å². The van der Waals surface area contributed by atoms with Gasteiger partial charge in [-0.25, -0.2) is 4.98 Å². The number of ether oxygens (including phenoxy) is 1. The molecule has 5 rings (SSSR count). The lowest BCUT2D eigenvalue weighted by Gasteiger charge is -2.12. The lowest BCUT2D eigenvalue weighted by molar-refractivity contribution is 0.0953. The van der Waals surface area contributed by atoms with Crippen LogP contribution in [-0.2, 0) is 0 Å². The SMILES string of the molecule is O=C(NCCCCNc1cc(-c2ccccc2Cl)nc2c(Br)cnn12)c1ccc(Oc2ccccc2)cc1. The summed E-state index contributed by atoms with van der Waals surface area (Å²) in [5.41, 5.74) is 2.92. The van der Waals surface area contributed by atoms with Gasteiger partial charge in [-0.3, -0.25) is 4.79 Å². The topological polar surface area (TPSA) is 80.5 Å². The van der Waals surface area contributed by atoms with Crippen LogP contribution in [0.3, 0.4) is 0 Å². The maximum Gasteiger partial charge on any atom is 0.251 e. The zero-order chi connectivity index (χ0) is 26.3. The first-order chi connectivity index (χ1) is 18.6. The van der Waals surface area contributed by atoms with Crippen LogP contribution in [0.25, 0.3) is 16.9 Å². The van der Waals surface area contributed by atoms with Crippen molar-refractivity contribution in [2.24, 2.45) is 0 Å². The van der Waals surface area contributed by atoms with Crippen LogP contribution >= 0.6 is 27.5 Å². The zero-order valence-electron chi connectivity index (χ0n) is 20.4. The van der Waals surface area contributed by atoms with Crippen molar-refractivity contribution >= 4 is 44.9 Å². The number of nitrogens with one attached hydrogen (secondary N) is 2. The summed E-state index contributed by atoms with van der Waals surface area (Å²) in [4.78, 5) is 17.2. The Morgan fingerprint density at radius 1 is 0.921 bits per heavy atom. The van der Waals surface area contributed by atoms with E-state index in [2.05, 4.69) is 31.7 Å². The number of carbonyl (C=O) groups is 1. The fourth-order valence-corrected chi connectivity index (χ4v) is 4.52. The van der Waals surface area contributed by atoms with E-state index in [0.717, 1.165) is 40.1 Å². The molecule has 38 heavy (non-hydrogen) atoms. The molecule has 5 aromatic rings. The van der Waals surface area contributed by atoms with Crippen molar-refractivity contribution < 1.29 is 9.53 Å². The summed E-state index contributed by atoms with van der Waals surface area (Å²) in [6.07, 6.45) is 3.40. The third kappa shape index (κ3) is 6.15. The lowest BCUT2D eigenvalue weighted by atomic mass is 10.1. The summed E-state index contributed by atoms with van der Waals surface area (Å²) in [5, 5.41) is 11.5. The van der Waals surface area contributed by atoms with E-state index in [0.29, 0.717) is 35.1 Å². The molecule has 0 aliphatic heterocycles. The number of rotatable bonds is 10. The summed E-state index contributed by atoms with van der Waals surface area (Å²) in [6.45, 7) is 1.28. The van der Waals surface area contributed by atoms with Crippen LogP contribution in [0, 0.1) is 0 Å². The van der Waals surface area contributed by atoms with Crippen LogP contribution in [0.4, 0.5) is 5.82 Å². The number of hydrogen-bond donors (Lipinski definition) is 2. The molecular weight excluding hydrogens is 566 g/mol. The number of benzene rings is 3. The fourth-order valence-electron chi connectivity index (χ4n) is 3.94. The molecule has 0 aliphatic carbocycles. The van der Waals surface area contributed by atoms with Crippen LogP contribution in [0.5, 0.6) is 11.5 Å². The second kappa shape index (κ2) is 12.1. The molecule has 0 radical (unpaired) electrons. The Morgan fingerprint density at radius 2 is 1.63 bits per heavy atom. The van der Waals surface area contributed by atoms with Crippen molar-refractivity contribution in [2.45, 2.75) is 12.8 Å². The number of carbonyl (C=O) groups excluding carboxylic acids is 1. The second-order valence-corrected chi connectivity index (χ2v) is 9.83. The molecule has 192 valence electrons. The summed E-state index contributed by atoms with van der Waals surface area (Å²) in [7, 11) is 0. The molecule has 0 aliphatic rings. The highest BCUT2D eigenvalue weighted by molar-refractivity contribution is 9.10. The van der Waals surface area contributed by atoms with Gasteiger partial charge in [-0.15, -0.1) is 0 Å². The molecule has 0 unspecified atom stereocenters. The van der Waals surface area contributed by atoms with Crippen molar-refractivity contribution in [1.82, 2.24) is 19.9 Å². The standard InChI is InChI=1S/C29H25BrClN5O2/c30-24-19-34-36-27(18-26(35-28(24)36)23-10-4-5-11-25(23)31)32-16-6-7-17-33-29(37)20-12-14-22(15-13-20)38-21-8-2-1-3-9-21/h1-5,8-15,18-19,32H,6-7,16-17H2,(H,33,37). The maximum atomic E-state index is 12.5. The molecular formula is C29H25BrClN5O2. The molecule has 0 bridgehead atoms. The summed E-state index contributed by atoms with van der Waals surface area (Å²) in [5.74, 6) is 2.15. The minimum Gasteiger partial charge on any atom is -0.457 e. The van der Waals surface area contributed by atoms with E-state index in [1.54, 1.807) is 35.0 Å². The van der Waals surface area contributed by atoms with Crippen molar-refractivity contribution in [1.29, 1.82) is 0 Å². The molecule has 0 fully saturated rings. The second-order valence-electron chi connectivity index (χ2n) is 8.56. The molecule has 1 amide bonds. The fraction of sp³-hybridized carbons (Fsp3) is 0.138. The monoisotopic (exact) mass is 589 g/mol. The third-order valence-electron chi connectivity index (χ3n) is 5.87. The van der Waals surface area contributed by atoms with Crippen LogP contribution in [0.15, 0.2) is 95.6 Å². The molecule has 0 atom stereocenters. The van der Waals surface area contributed by atoms with Crippen molar-refractivity contribution in [2.75, 3.05) is 18.4 Å². The first kappa shape index (κ1) is 25.8. The summed E-state index contributed by atoms with van der Waals surface area (Å²) < 4.78 is 8.35. The number of amides is 1. The Labute approximate surface area is 233 Å². The van der Waals surface area contributed by atoms with E-state index in [4.69, 9.17) is 21.3 Å². The first-order valence-electron chi connectivity index (χ1n) is 12.2. The van der Waals surface area contributed by atoms with Gasteiger partial charge in [-0.1, -0.05) is 48.0 Å². The van der Waals surface area contributed by atoms with Crippen molar-refractivity contribution in [3.63, 3.8) is 0 Å². The molecule has 0 saturated heterocycles. The maximum absolute atomic E-state index is 12.5. The minimum atomic E-state index is -0.106. The summed E-state index contributed by atoms with van der Waals surface area (Å²) >= 11 is 9.94. The van der Waals surface area contributed by atoms with Gasteiger partial charge in [0.25, 0.3) is 5.91 Å². The lowest BCUT2D eigenvalue weighted by Crippen LogP contribution is -2.24. The quantitative estimate of drug-likeness (QED) is 0.168. The molecule has 2 N–H and O–H groups in total. The van der Waals surface area contributed by atoms with Gasteiger partial charge in [0, 0.05) is 35.3 Å². The number of aromatic nitrogens is 3. The molecule has 0 saturated carbocycles. The van der Waals surface area contributed by atoms with E-state index >= 15 is 0 Å². The van der Waals surface area contributed by atoms with Gasteiger partial charge in [-0.2, -0.15) is 9.61 Å². The van der Waals surface area contributed by atoms with E-state index < -0.39 is 0 Å². The average Bonchev–Trinajstić information content (AvgIpc) is 3.32. The largest absolute Gasteiger partial charge is 0.457 e. The third-order valence-corrected chi connectivity index (χ3v) is 6.76. The number of anilines is 1. The van der Waals surface area contributed by atoms with Gasteiger partial charge in [0.2, 0.25) is 0 Å². The number of fused-ring (bicyclic) bond motifs is 1. The smallest absolute Gasteiger partial charge is 0.251 e. The number of nitrogens with zero attached hydrogens (tertiary/aromatic N) is 3. The molecule has 0 spiro atoms. The van der Waals surface area contributed by atoms with Crippen LogP contribution in [0.2, 0.25) is 5.02 Å². The predicted octanol–water partition coefficient (Wildman–Crippen LogP) is 7.23. The molecule has 9 heteroatoms. The van der Waals surface area contributed by atoms with Crippen LogP contribution in [0.1, 0.15) is 23.2 Å². The van der Waals surface area contributed by atoms with E-state index in [1.165, 1.54) is 0 Å². The number of para-hydroxylation sites is 1. The summed E-state index contributed by atoms with van der Waals surface area (Å²) in [6, 6.07) is 26.2. The Morgan fingerprint density at radius 3 is 2.42 bits per heavy atom. The first-order valence-corrected chi connectivity index (χ1v) is 13.4. The van der Waals surface area contributed by atoms with Gasteiger partial charge in [0.1, 0.15) is 17.3 Å². The highest BCUT2D eigenvalue weighted by atomic mass is 79.9. The van der Waals surface area contributed by atoms with Crippen LogP contribution in [-0.4, -0.2) is 33.6 Å². The number of halogens is 2. The van der Waals surface area contributed by atoms with Crippen molar-refractivity contribution in [3.05, 3.63) is 106 Å². The average molecular weight is 591 g/mol. The normalized spacial score (nSPS) is 10.9. The van der Waals surface area contributed by atoms with Gasteiger partial charge >= 0.3 is 0 Å². The number of hydrogen-bond acceptors (Lipinski definition) is 5. The highest BCUT2D eigenvalue weighted by Gasteiger charge is 2.13. The molecule has 2 heterocycles. The predicted molar refractivity (Wildman–Crippen MR) is 154 cm³/mol.